The Kier molecular flexibility index (Phi) is 7.55. The van der Waals surface area contributed by atoms with E-state index in [1.807, 2.05) is 6.07 Å². The van der Waals surface area contributed by atoms with Crippen LogP contribution in [0.15, 0.2) is 28.7 Å². The van der Waals surface area contributed by atoms with Gasteiger partial charge in [0.25, 0.3) is 5.91 Å². The monoisotopic (exact) mass is 369 g/mol. The van der Waals surface area contributed by atoms with Crippen LogP contribution in [0, 0.1) is 5.92 Å². The molecule has 2 amide bonds. The summed E-state index contributed by atoms with van der Waals surface area (Å²) in [4.78, 5) is 25.5. The molecular formula is C16H24BrN3O2. The zero-order valence-corrected chi connectivity index (χ0v) is 14.9. The molecule has 1 aromatic carbocycles. The molecule has 1 atom stereocenters. The number of rotatable bonds is 7. The molecule has 1 unspecified atom stereocenters. The van der Waals surface area contributed by atoms with Crippen LogP contribution in [-0.4, -0.2) is 42.9 Å². The van der Waals surface area contributed by atoms with Crippen LogP contribution in [0.2, 0.25) is 0 Å². The van der Waals surface area contributed by atoms with Crippen molar-refractivity contribution in [3.8, 4) is 0 Å². The fourth-order valence-electron chi connectivity index (χ4n) is 1.82. The van der Waals surface area contributed by atoms with Gasteiger partial charge in [0.05, 0.1) is 6.54 Å². The smallest absolute Gasteiger partial charge is 0.251 e. The summed E-state index contributed by atoms with van der Waals surface area (Å²) < 4.78 is 0.825. The standard InChI is InChI=1S/C16H24BrN3O2/c1-11(2)14(18)7-8-20(3)15(21)10-19-16(22)12-5-4-6-13(17)9-12/h4-6,9,11,14H,7-8,10,18H2,1-3H3,(H,19,22). The number of likely N-dealkylation sites (N-methyl/N-ethyl adjacent to an activating group) is 1. The van der Waals surface area contributed by atoms with Gasteiger partial charge < -0.3 is 16.0 Å². The van der Waals surface area contributed by atoms with Crippen molar-refractivity contribution >= 4 is 27.7 Å². The third-order valence-electron chi connectivity index (χ3n) is 3.57. The lowest BCUT2D eigenvalue weighted by atomic mass is 10.0. The summed E-state index contributed by atoms with van der Waals surface area (Å²) in [5.74, 6) is 0.000895. The van der Waals surface area contributed by atoms with Crippen molar-refractivity contribution in [3.05, 3.63) is 34.3 Å². The van der Waals surface area contributed by atoms with Crippen LogP contribution in [0.1, 0.15) is 30.6 Å². The van der Waals surface area contributed by atoms with Gasteiger partial charge in [0.1, 0.15) is 0 Å². The maximum Gasteiger partial charge on any atom is 0.251 e. The molecule has 1 aromatic rings. The van der Waals surface area contributed by atoms with Gasteiger partial charge in [-0.05, 0) is 30.5 Å². The minimum absolute atomic E-state index is 0.0151. The molecule has 3 N–H and O–H groups in total. The Hall–Kier alpha value is -1.40. The molecule has 0 saturated carbocycles. The molecule has 122 valence electrons. The van der Waals surface area contributed by atoms with Gasteiger partial charge in [-0.3, -0.25) is 9.59 Å². The zero-order chi connectivity index (χ0) is 16.7. The van der Waals surface area contributed by atoms with Crippen molar-refractivity contribution in [1.82, 2.24) is 10.2 Å². The minimum atomic E-state index is -0.262. The van der Waals surface area contributed by atoms with Crippen LogP contribution in [-0.2, 0) is 4.79 Å². The van der Waals surface area contributed by atoms with E-state index in [1.165, 1.54) is 0 Å². The van der Waals surface area contributed by atoms with Crippen LogP contribution >= 0.6 is 15.9 Å². The number of amides is 2. The molecule has 0 aliphatic carbocycles. The summed E-state index contributed by atoms with van der Waals surface area (Å²) in [6.45, 7) is 4.69. The van der Waals surface area contributed by atoms with E-state index in [4.69, 9.17) is 5.73 Å². The number of nitrogens with one attached hydrogen (secondary N) is 1. The Labute approximate surface area is 140 Å². The molecule has 0 heterocycles. The second-order valence-electron chi connectivity index (χ2n) is 5.70. The van der Waals surface area contributed by atoms with Crippen LogP contribution in [0.25, 0.3) is 0 Å². The van der Waals surface area contributed by atoms with Gasteiger partial charge in [-0.1, -0.05) is 35.8 Å². The maximum atomic E-state index is 12.0. The van der Waals surface area contributed by atoms with E-state index >= 15 is 0 Å². The highest BCUT2D eigenvalue weighted by atomic mass is 79.9. The third kappa shape index (κ3) is 6.15. The highest BCUT2D eigenvalue weighted by Gasteiger charge is 2.14. The number of halogens is 1. The number of carbonyl (C=O) groups excluding carboxylic acids is 2. The molecule has 1 rings (SSSR count). The van der Waals surface area contributed by atoms with E-state index in [0.29, 0.717) is 18.0 Å². The molecule has 6 heteroatoms. The van der Waals surface area contributed by atoms with Crippen LogP contribution < -0.4 is 11.1 Å². The first-order valence-electron chi connectivity index (χ1n) is 7.34. The molecule has 0 spiro atoms. The molecule has 0 radical (unpaired) electrons. The predicted octanol–water partition coefficient (Wildman–Crippen LogP) is 2.01. The van der Waals surface area contributed by atoms with E-state index in [9.17, 15) is 9.59 Å². The fraction of sp³-hybridized carbons (Fsp3) is 0.500. The molecule has 0 aromatic heterocycles. The lowest BCUT2D eigenvalue weighted by molar-refractivity contribution is -0.128. The van der Waals surface area contributed by atoms with E-state index in [1.54, 1.807) is 30.1 Å². The summed E-state index contributed by atoms with van der Waals surface area (Å²) in [6, 6.07) is 7.11. The van der Waals surface area contributed by atoms with Gasteiger partial charge in [0.15, 0.2) is 0 Å². The number of carbonyl (C=O) groups is 2. The number of benzene rings is 1. The first-order chi connectivity index (χ1) is 10.3. The van der Waals surface area contributed by atoms with Crippen molar-refractivity contribution < 1.29 is 9.59 Å². The number of nitrogens with two attached hydrogens (primary N) is 1. The molecule has 22 heavy (non-hydrogen) atoms. The van der Waals surface area contributed by atoms with Crippen LogP contribution in [0.5, 0.6) is 0 Å². The average molecular weight is 370 g/mol. The Balaban J connectivity index is 2.40. The minimum Gasteiger partial charge on any atom is -0.344 e. The third-order valence-corrected chi connectivity index (χ3v) is 4.06. The molecule has 0 fully saturated rings. The Bertz CT molecular complexity index is 520. The maximum absolute atomic E-state index is 12.0. The second kappa shape index (κ2) is 8.90. The predicted molar refractivity (Wildman–Crippen MR) is 91.5 cm³/mol. The van der Waals surface area contributed by atoms with E-state index in [0.717, 1.165) is 10.9 Å². The Morgan fingerprint density at radius 2 is 2.05 bits per heavy atom. The van der Waals surface area contributed by atoms with E-state index in [-0.39, 0.29) is 24.4 Å². The van der Waals surface area contributed by atoms with Crippen LogP contribution in [0.4, 0.5) is 0 Å². The van der Waals surface area contributed by atoms with Crippen molar-refractivity contribution in [2.75, 3.05) is 20.1 Å². The summed E-state index contributed by atoms with van der Waals surface area (Å²) in [6.07, 6.45) is 0.749. The van der Waals surface area contributed by atoms with Crippen molar-refractivity contribution in [3.63, 3.8) is 0 Å². The Morgan fingerprint density at radius 3 is 2.64 bits per heavy atom. The van der Waals surface area contributed by atoms with Gasteiger partial charge in [-0.25, -0.2) is 0 Å². The Morgan fingerprint density at radius 1 is 1.36 bits per heavy atom. The quantitative estimate of drug-likeness (QED) is 0.771. The number of hydrogen-bond donors (Lipinski definition) is 2. The van der Waals surface area contributed by atoms with Crippen molar-refractivity contribution in [2.45, 2.75) is 26.3 Å². The van der Waals surface area contributed by atoms with E-state index in [2.05, 4.69) is 35.1 Å². The van der Waals surface area contributed by atoms with Crippen molar-refractivity contribution in [2.24, 2.45) is 11.7 Å². The zero-order valence-electron chi connectivity index (χ0n) is 13.3. The highest BCUT2D eigenvalue weighted by Crippen LogP contribution is 2.11. The lowest BCUT2D eigenvalue weighted by Crippen LogP contribution is -2.40. The van der Waals surface area contributed by atoms with Gasteiger partial charge in [-0.15, -0.1) is 0 Å². The molecule has 0 aliphatic rings. The average Bonchev–Trinajstić information content (AvgIpc) is 2.49. The normalized spacial score (nSPS) is 12.1. The number of hydrogen-bond acceptors (Lipinski definition) is 3. The molecular weight excluding hydrogens is 346 g/mol. The topological polar surface area (TPSA) is 75.4 Å². The highest BCUT2D eigenvalue weighted by molar-refractivity contribution is 9.10. The molecule has 0 bridgehead atoms. The SMILES string of the molecule is CC(C)C(N)CCN(C)C(=O)CNC(=O)c1cccc(Br)c1. The summed E-state index contributed by atoms with van der Waals surface area (Å²) >= 11 is 3.31. The lowest BCUT2D eigenvalue weighted by Gasteiger charge is -2.21. The van der Waals surface area contributed by atoms with Gasteiger partial charge in [-0.2, -0.15) is 0 Å². The first-order valence-corrected chi connectivity index (χ1v) is 8.14. The van der Waals surface area contributed by atoms with Gasteiger partial charge in [0, 0.05) is 29.7 Å². The fourth-order valence-corrected chi connectivity index (χ4v) is 2.22. The molecule has 0 saturated heterocycles. The molecule has 0 aliphatic heterocycles. The summed E-state index contributed by atoms with van der Waals surface area (Å²) in [7, 11) is 1.72. The van der Waals surface area contributed by atoms with Crippen LogP contribution in [0.3, 0.4) is 0 Å². The van der Waals surface area contributed by atoms with E-state index < -0.39 is 0 Å². The second-order valence-corrected chi connectivity index (χ2v) is 6.62. The first kappa shape index (κ1) is 18.6. The largest absolute Gasteiger partial charge is 0.344 e. The summed E-state index contributed by atoms with van der Waals surface area (Å²) in [5, 5.41) is 2.64. The number of nitrogens with zero attached hydrogens (tertiary/aromatic N) is 1. The summed E-state index contributed by atoms with van der Waals surface area (Å²) in [5.41, 5.74) is 6.49. The van der Waals surface area contributed by atoms with Crippen molar-refractivity contribution in [1.29, 1.82) is 0 Å². The van der Waals surface area contributed by atoms with Gasteiger partial charge in [0.2, 0.25) is 5.91 Å². The van der Waals surface area contributed by atoms with Gasteiger partial charge >= 0.3 is 0 Å². The molecule has 5 nitrogen and oxygen atoms in total.